The van der Waals surface area contributed by atoms with Gasteiger partial charge in [-0.1, -0.05) is 25.6 Å². The lowest BCUT2D eigenvalue weighted by atomic mass is 10.2. The van der Waals surface area contributed by atoms with E-state index in [4.69, 9.17) is 9.68 Å². The Bertz CT molecular complexity index is 658. The Morgan fingerprint density at radius 2 is 2.10 bits per heavy atom. The molecule has 0 saturated carbocycles. The summed E-state index contributed by atoms with van der Waals surface area (Å²) in [5.74, 6) is 0.734. The van der Waals surface area contributed by atoms with Crippen molar-refractivity contribution >= 4 is 23.4 Å². The van der Waals surface area contributed by atoms with E-state index in [1.165, 1.54) is 11.8 Å². The highest BCUT2D eigenvalue weighted by Gasteiger charge is 2.12. The zero-order valence-electron chi connectivity index (χ0n) is 11.7. The number of carbonyl (C=O) groups excluding carboxylic acids is 1. The predicted molar refractivity (Wildman–Crippen MR) is 78.9 cm³/mol. The highest BCUT2D eigenvalue weighted by molar-refractivity contribution is 7.99. The highest BCUT2D eigenvalue weighted by atomic mass is 32.2. The molecule has 7 heteroatoms. The summed E-state index contributed by atoms with van der Waals surface area (Å²) >= 11 is 1.19. The molecule has 1 aromatic heterocycles. The number of nitrogens with one attached hydrogen (secondary N) is 1. The van der Waals surface area contributed by atoms with E-state index in [1.54, 1.807) is 24.3 Å². The molecule has 0 atom stereocenters. The number of anilines is 1. The molecular weight excluding hydrogens is 288 g/mol. The minimum atomic E-state index is -0.172. The van der Waals surface area contributed by atoms with Crippen LogP contribution in [0.3, 0.4) is 0 Å². The number of nitrogens with zero attached hydrogens (tertiary/aromatic N) is 3. The third-order valence-corrected chi connectivity index (χ3v) is 3.36. The van der Waals surface area contributed by atoms with Crippen molar-refractivity contribution in [3.05, 3.63) is 35.7 Å². The molecule has 0 radical (unpaired) electrons. The van der Waals surface area contributed by atoms with Crippen LogP contribution in [-0.2, 0) is 4.79 Å². The molecule has 6 nitrogen and oxygen atoms in total. The lowest BCUT2D eigenvalue weighted by Gasteiger charge is -2.03. The van der Waals surface area contributed by atoms with Crippen molar-refractivity contribution in [2.75, 3.05) is 11.1 Å². The van der Waals surface area contributed by atoms with E-state index in [2.05, 4.69) is 15.5 Å². The van der Waals surface area contributed by atoms with E-state index in [0.717, 1.165) is 0 Å². The summed E-state index contributed by atoms with van der Waals surface area (Å²) in [6.45, 7) is 3.92. The van der Waals surface area contributed by atoms with E-state index >= 15 is 0 Å². The fourth-order valence-electron chi connectivity index (χ4n) is 1.46. The van der Waals surface area contributed by atoms with Crippen molar-refractivity contribution < 1.29 is 9.21 Å². The Morgan fingerprint density at radius 1 is 1.38 bits per heavy atom. The maximum Gasteiger partial charge on any atom is 0.277 e. The number of rotatable bonds is 5. The Hall–Kier alpha value is -2.33. The van der Waals surface area contributed by atoms with Gasteiger partial charge in [0.2, 0.25) is 11.8 Å². The van der Waals surface area contributed by atoms with E-state index in [0.29, 0.717) is 22.4 Å². The molecule has 108 valence electrons. The topological polar surface area (TPSA) is 91.8 Å². The molecule has 1 aromatic carbocycles. The van der Waals surface area contributed by atoms with E-state index in [9.17, 15) is 4.79 Å². The highest BCUT2D eigenvalue weighted by Crippen LogP contribution is 2.20. The maximum absolute atomic E-state index is 11.8. The van der Waals surface area contributed by atoms with Gasteiger partial charge in [-0.2, -0.15) is 5.26 Å². The second-order valence-electron chi connectivity index (χ2n) is 4.59. The molecule has 0 spiro atoms. The van der Waals surface area contributed by atoms with Gasteiger partial charge >= 0.3 is 0 Å². The Balaban J connectivity index is 1.85. The predicted octanol–water partition coefficient (Wildman–Crippen LogP) is 2.80. The smallest absolute Gasteiger partial charge is 0.277 e. The van der Waals surface area contributed by atoms with Gasteiger partial charge in [0, 0.05) is 11.6 Å². The lowest BCUT2D eigenvalue weighted by Crippen LogP contribution is -2.13. The SMILES string of the molecule is CC(C)c1nnc(SCC(=O)Nc2ccc(C#N)cc2)o1. The molecule has 0 aliphatic heterocycles. The van der Waals surface area contributed by atoms with E-state index < -0.39 is 0 Å². The van der Waals surface area contributed by atoms with Crippen molar-refractivity contribution in [3.63, 3.8) is 0 Å². The minimum Gasteiger partial charge on any atom is -0.416 e. The van der Waals surface area contributed by atoms with Gasteiger partial charge in [-0.15, -0.1) is 10.2 Å². The molecule has 2 rings (SSSR count). The summed E-state index contributed by atoms with van der Waals surface area (Å²) < 4.78 is 5.40. The number of hydrogen-bond donors (Lipinski definition) is 1. The van der Waals surface area contributed by atoms with Crippen molar-refractivity contribution in [1.82, 2.24) is 10.2 Å². The summed E-state index contributed by atoms with van der Waals surface area (Å²) in [5, 5.41) is 19.6. The zero-order valence-corrected chi connectivity index (χ0v) is 12.5. The number of amides is 1. The second-order valence-corrected chi connectivity index (χ2v) is 5.51. The number of aromatic nitrogens is 2. The minimum absolute atomic E-state index is 0.166. The first-order valence-electron chi connectivity index (χ1n) is 6.34. The van der Waals surface area contributed by atoms with Crippen molar-refractivity contribution in [2.24, 2.45) is 0 Å². The summed E-state index contributed by atoms with van der Waals surface area (Å²) in [5.41, 5.74) is 1.20. The normalized spacial score (nSPS) is 10.4. The first kappa shape index (κ1) is 15.1. The van der Waals surface area contributed by atoms with E-state index in [-0.39, 0.29) is 17.6 Å². The largest absolute Gasteiger partial charge is 0.416 e. The first-order valence-corrected chi connectivity index (χ1v) is 7.33. The van der Waals surface area contributed by atoms with Gasteiger partial charge in [0.15, 0.2) is 0 Å². The second kappa shape index (κ2) is 6.90. The van der Waals surface area contributed by atoms with Crippen LogP contribution in [0.25, 0.3) is 0 Å². The van der Waals surface area contributed by atoms with Crippen LogP contribution in [0.5, 0.6) is 0 Å². The quantitative estimate of drug-likeness (QED) is 0.854. The van der Waals surface area contributed by atoms with Crippen LogP contribution in [0.4, 0.5) is 5.69 Å². The van der Waals surface area contributed by atoms with Gasteiger partial charge < -0.3 is 9.73 Å². The Labute approximate surface area is 126 Å². The number of carbonyl (C=O) groups is 1. The summed E-state index contributed by atoms with van der Waals surface area (Å²) in [6, 6.07) is 8.69. The third-order valence-electron chi connectivity index (χ3n) is 2.54. The van der Waals surface area contributed by atoms with Gasteiger partial charge in [0.05, 0.1) is 17.4 Å². The fraction of sp³-hybridized carbons (Fsp3) is 0.286. The first-order chi connectivity index (χ1) is 10.1. The maximum atomic E-state index is 11.8. The van der Waals surface area contributed by atoms with Crippen LogP contribution in [0.2, 0.25) is 0 Å². The molecule has 2 aromatic rings. The van der Waals surface area contributed by atoms with Gasteiger partial charge in [0.1, 0.15) is 0 Å². The molecule has 0 unspecified atom stereocenters. The standard InChI is InChI=1S/C14H14N4O2S/c1-9(2)13-17-18-14(20-13)21-8-12(19)16-11-5-3-10(7-15)4-6-11/h3-6,9H,8H2,1-2H3,(H,16,19). The summed E-state index contributed by atoms with van der Waals surface area (Å²) in [7, 11) is 0. The Morgan fingerprint density at radius 3 is 2.67 bits per heavy atom. The number of nitriles is 1. The summed E-state index contributed by atoms with van der Waals surface area (Å²) in [6.07, 6.45) is 0. The molecule has 21 heavy (non-hydrogen) atoms. The van der Waals surface area contributed by atoms with Crippen molar-refractivity contribution in [3.8, 4) is 6.07 Å². The van der Waals surface area contributed by atoms with Gasteiger partial charge in [0.25, 0.3) is 5.22 Å². The number of benzene rings is 1. The third kappa shape index (κ3) is 4.33. The molecular formula is C14H14N4O2S. The number of hydrogen-bond acceptors (Lipinski definition) is 6. The van der Waals surface area contributed by atoms with E-state index in [1.807, 2.05) is 19.9 Å². The van der Waals surface area contributed by atoms with Gasteiger partial charge in [-0.3, -0.25) is 4.79 Å². The molecule has 0 bridgehead atoms. The molecule has 1 amide bonds. The van der Waals surface area contributed by atoms with Gasteiger partial charge in [-0.25, -0.2) is 0 Å². The van der Waals surface area contributed by atoms with Crippen LogP contribution in [0, 0.1) is 11.3 Å². The average molecular weight is 302 g/mol. The molecule has 1 N–H and O–H groups in total. The van der Waals surface area contributed by atoms with Crippen LogP contribution in [-0.4, -0.2) is 21.9 Å². The fourth-order valence-corrected chi connectivity index (χ4v) is 2.03. The van der Waals surface area contributed by atoms with Gasteiger partial charge in [-0.05, 0) is 24.3 Å². The van der Waals surface area contributed by atoms with Crippen LogP contribution < -0.4 is 5.32 Å². The number of thioether (sulfide) groups is 1. The Kier molecular flexibility index (Phi) is 4.95. The molecule has 0 saturated heterocycles. The summed E-state index contributed by atoms with van der Waals surface area (Å²) in [4.78, 5) is 11.8. The van der Waals surface area contributed by atoms with Crippen LogP contribution >= 0.6 is 11.8 Å². The zero-order chi connectivity index (χ0) is 15.2. The lowest BCUT2D eigenvalue weighted by molar-refractivity contribution is -0.113. The van der Waals surface area contributed by atoms with Crippen molar-refractivity contribution in [1.29, 1.82) is 5.26 Å². The van der Waals surface area contributed by atoms with Crippen LogP contribution in [0.15, 0.2) is 33.9 Å². The molecule has 1 heterocycles. The molecule has 0 aliphatic rings. The monoisotopic (exact) mass is 302 g/mol. The average Bonchev–Trinajstić information content (AvgIpc) is 2.95. The van der Waals surface area contributed by atoms with Crippen molar-refractivity contribution in [2.45, 2.75) is 25.0 Å². The molecule has 0 fully saturated rings. The molecule has 0 aliphatic carbocycles. The van der Waals surface area contributed by atoms with Crippen LogP contribution in [0.1, 0.15) is 31.2 Å².